The van der Waals surface area contributed by atoms with E-state index < -0.39 is 0 Å². The Bertz CT molecular complexity index is 885. The van der Waals surface area contributed by atoms with Crippen LogP contribution in [0.15, 0.2) is 42.9 Å². The molecule has 7 heteroatoms. The first-order chi connectivity index (χ1) is 11.5. The number of hydrogen-bond acceptors (Lipinski definition) is 6. The molecule has 0 bridgehead atoms. The number of nitrogens with two attached hydrogens (primary N) is 1. The molecular weight excluding hydrogens is 326 g/mol. The molecule has 2 heterocycles. The van der Waals surface area contributed by atoms with Crippen molar-refractivity contribution < 1.29 is 4.74 Å². The van der Waals surface area contributed by atoms with Gasteiger partial charge in [0.2, 0.25) is 5.88 Å². The number of ether oxygens (including phenoxy) is 1. The van der Waals surface area contributed by atoms with E-state index in [-0.39, 0.29) is 5.88 Å². The van der Waals surface area contributed by atoms with E-state index in [4.69, 9.17) is 22.1 Å². The zero-order valence-corrected chi connectivity index (χ0v) is 14.0. The standard InChI is InChI=1S/C17H16ClN5O/c1-10-4-3-7-20-15(10)23-16-14(19)17(22-9-21-16)24-12-5-6-13(18)11(2)8-12/h3-9H,19H2,1-2H3,(H,20,21,22,23). The maximum Gasteiger partial charge on any atom is 0.248 e. The lowest BCUT2D eigenvalue weighted by Gasteiger charge is -2.12. The van der Waals surface area contributed by atoms with E-state index in [1.807, 2.05) is 32.0 Å². The van der Waals surface area contributed by atoms with E-state index in [2.05, 4.69) is 20.3 Å². The number of hydrogen-bond donors (Lipinski definition) is 2. The molecule has 0 amide bonds. The molecule has 0 saturated carbocycles. The smallest absolute Gasteiger partial charge is 0.248 e. The highest BCUT2D eigenvalue weighted by atomic mass is 35.5. The second-order valence-electron chi connectivity index (χ2n) is 5.25. The molecule has 6 nitrogen and oxygen atoms in total. The second kappa shape index (κ2) is 6.72. The summed E-state index contributed by atoms with van der Waals surface area (Å²) in [5.74, 6) is 1.98. The molecule has 1 aromatic carbocycles. The number of anilines is 3. The molecule has 0 fully saturated rings. The van der Waals surface area contributed by atoms with Crippen LogP contribution in [0.4, 0.5) is 17.3 Å². The predicted molar refractivity (Wildman–Crippen MR) is 95.0 cm³/mol. The van der Waals surface area contributed by atoms with E-state index in [0.29, 0.717) is 28.1 Å². The van der Waals surface area contributed by atoms with Crippen molar-refractivity contribution in [3.8, 4) is 11.6 Å². The van der Waals surface area contributed by atoms with Gasteiger partial charge in [0, 0.05) is 11.2 Å². The van der Waals surface area contributed by atoms with Crippen LogP contribution in [-0.2, 0) is 0 Å². The average molecular weight is 342 g/mol. The van der Waals surface area contributed by atoms with Gasteiger partial charge in [0.1, 0.15) is 23.6 Å². The summed E-state index contributed by atoms with van der Waals surface area (Å²) in [4.78, 5) is 12.5. The quantitative estimate of drug-likeness (QED) is 0.737. The van der Waals surface area contributed by atoms with Crippen LogP contribution in [0.5, 0.6) is 11.6 Å². The topological polar surface area (TPSA) is 86.0 Å². The third kappa shape index (κ3) is 3.38. The number of nitrogens with zero attached hydrogens (tertiary/aromatic N) is 3. The molecule has 0 radical (unpaired) electrons. The molecule has 0 aliphatic rings. The second-order valence-corrected chi connectivity index (χ2v) is 5.66. The minimum Gasteiger partial charge on any atom is -0.437 e. The van der Waals surface area contributed by atoms with Crippen LogP contribution >= 0.6 is 11.6 Å². The van der Waals surface area contributed by atoms with E-state index in [9.17, 15) is 0 Å². The summed E-state index contributed by atoms with van der Waals surface area (Å²) < 4.78 is 5.76. The Kier molecular flexibility index (Phi) is 4.48. The summed E-state index contributed by atoms with van der Waals surface area (Å²) in [5.41, 5.74) is 8.32. The van der Waals surface area contributed by atoms with Gasteiger partial charge in [-0.1, -0.05) is 17.7 Å². The first-order valence-electron chi connectivity index (χ1n) is 7.27. The van der Waals surface area contributed by atoms with E-state index >= 15 is 0 Å². The van der Waals surface area contributed by atoms with Crippen molar-refractivity contribution in [1.29, 1.82) is 0 Å². The number of aryl methyl sites for hydroxylation is 2. The Morgan fingerprint density at radius 1 is 1.04 bits per heavy atom. The molecule has 2 aromatic heterocycles. The molecule has 3 aromatic rings. The average Bonchev–Trinajstić information content (AvgIpc) is 2.57. The van der Waals surface area contributed by atoms with Gasteiger partial charge in [0.15, 0.2) is 5.82 Å². The number of benzene rings is 1. The highest BCUT2D eigenvalue weighted by Gasteiger charge is 2.12. The minimum atomic E-state index is 0.266. The lowest BCUT2D eigenvalue weighted by molar-refractivity contribution is 0.464. The van der Waals surface area contributed by atoms with Crippen LogP contribution in [0, 0.1) is 13.8 Å². The van der Waals surface area contributed by atoms with E-state index in [1.54, 1.807) is 18.3 Å². The Morgan fingerprint density at radius 3 is 2.62 bits per heavy atom. The highest BCUT2D eigenvalue weighted by Crippen LogP contribution is 2.32. The molecule has 0 atom stereocenters. The minimum absolute atomic E-state index is 0.266. The van der Waals surface area contributed by atoms with Crippen molar-refractivity contribution in [1.82, 2.24) is 15.0 Å². The predicted octanol–water partition coefficient (Wildman–Crippen LogP) is 4.26. The molecule has 0 saturated heterocycles. The molecule has 0 spiro atoms. The van der Waals surface area contributed by atoms with Crippen molar-refractivity contribution in [3.63, 3.8) is 0 Å². The fourth-order valence-electron chi connectivity index (χ4n) is 2.08. The van der Waals surface area contributed by atoms with Gasteiger partial charge in [-0.05, 0) is 49.2 Å². The van der Waals surface area contributed by atoms with Crippen LogP contribution in [0.2, 0.25) is 5.02 Å². The summed E-state index contributed by atoms with van der Waals surface area (Å²) in [6.45, 7) is 3.84. The first kappa shape index (κ1) is 16.0. The SMILES string of the molecule is Cc1cc(Oc2ncnc(Nc3ncccc3C)c2N)ccc1Cl. The van der Waals surface area contributed by atoms with Crippen LogP contribution in [0.3, 0.4) is 0 Å². The fraction of sp³-hybridized carbons (Fsp3) is 0.118. The Labute approximate surface area is 144 Å². The van der Waals surface area contributed by atoms with Crippen LogP contribution in [0.1, 0.15) is 11.1 Å². The van der Waals surface area contributed by atoms with Gasteiger partial charge in [-0.3, -0.25) is 0 Å². The molecular formula is C17H16ClN5O. The molecule has 24 heavy (non-hydrogen) atoms. The zero-order chi connectivity index (χ0) is 17.1. The van der Waals surface area contributed by atoms with Gasteiger partial charge in [-0.15, -0.1) is 0 Å². The van der Waals surface area contributed by atoms with Crippen LogP contribution in [-0.4, -0.2) is 15.0 Å². The van der Waals surface area contributed by atoms with Gasteiger partial charge in [-0.25, -0.2) is 9.97 Å². The Hall–Kier alpha value is -2.86. The van der Waals surface area contributed by atoms with Gasteiger partial charge >= 0.3 is 0 Å². The largest absolute Gasteiger partial charge is 0.437 e. The lowest BCUT2D eigenvalue weighted by Crippen LogP contribution is -2.04. The van der Waals surface area contributed by atoms with Crippen molar-refractivity contribution in [2.45, 2.75) is 13.8 Å². The first-order valence-corrected chi connectivity index (χ1v) is 7.65. The number of rotatable bonds is 4. The van der Waals surface area contributed by atoms with Gasteiger partial charge in [0.25, 0.3) is 0 Å². The monoisotopic (exact) mass is 341 g/mol. The van der Waals surface area contributed by atoms with Crippen molar-refractivity contribution in [2.75, 3.05) is 11.1 Å². The van der Waals surface area contributed by atoms with Crippen LogP contribution in [0.25, 0.3) is 0 Å². The maximum absolute atomic E-state index is 6.13. The maximum atomic E-state index is 6.13. The van der Waals surface area contributed by atoms with Crippen molar-refractivity contribution in [2.24, 2.45) is 0 Å². The summed E-state index contributed by atoms with van der Waals surface area (Å²) in [6.07, 6.45) is 3.08. The van der Waals surface area contributed by atoms with E-state index in [1.165, 1.54) is 6.33 Å². The van der Waals surface area contributed by atoms with E-state index in [0.717, 1.165) is 11.1 Å². The van der Waals surface area contributed by atoms with Gasteiger partial charge in [0.05, 0.1) is 0 Å². The summed E-state index contributed by atoms with van der Waals surface area (Å²) >= 11 is 6.02. The molecule has 3 N–H and O–H groups in total. The molecule has 3 rings (SSSR count). The van der Waals surface area contributed by atoms with Crippen molar-refractivity contribution >= 4 is 28.9 Å². The molecule has 0 aliphatic heterocycles. The normalized spacial score (nSPS) is 10.5. The number of pyridine rings is 1. The third-order valence-electron chi connectivity index (χ3n) is 3.44. The highest BCUT2D eigenvalue weighted by molar-refractivity contribution is 6.31. The third-order valence-corrected chi connectivity index (χ3v) is 3.86. The number of nitrogens with one attached hydrogen (secondary N) is 1. The number of halogens is 1. The molecule has 0 aliphatic carbocycles. The van der Waals surface area contributed by atoms with Gasteiger partial charge < -0.3 is 15.8 Å². The summed E-state index contributed by atoms with van der Waals surface area (Å²) in [7, 11) is 0. The lowest BCUT2D eigenvalue weighted by atomic mass is 10.2. The Morgan fingerprint density at radius 2 is 1.88 bits per heavy atom. The fourth-order valence-corrected chi connectivity index (χ4v) is 2.20. The zero-order valence-electron chi connectivity index (χ0n) is 13.2. The number of aromatic nitrogens is 3. The van der Waals surface area contributed by atoms with Crippen LogP contribution < -0.4 is 15.8 Å². The van der Waals surface area contributed by atoms with Gasteiger partial charge in [-0.2, -0.15) is 4.98 Å². The summed E-state index contributed by atoms with van der Waals surface area (Å²) in [6, 6.07) is 9.15. The summed E-state index contributed by atoms with van der Waals surface area (Å²) in [5, 5.41) is 3.77. The molecule has 0 unspecified atom stereocenters. The molecule has 122 valence electrons. The Balaban J connectivity index is 1.88. The van der Waals surface area contributed by atoms with Crippen molar-refractivity contribution in [3.05, 3.63) is 59.0 Å². The number of nitrogen functional groups attached to an aromatic ring is 1.